The molecule has 1 aromatic heterocycles. The lowest BCUT2D eigenvalue weighted by Crippen LogP contribution is -2.29. The van der Waals surface area contributed by atoms with E-state index in [1.165, 1.54) is 18.8 Å². The molecule has 0 amide bonds. The Balaban J connectivity index is 2.27. The van der Waals surface area contributed by atoms with Crippen LogP contribution in [0.1, 0.15) is 37.4 Å². The van der Waals surface area contributed by atoms with Gasteiger partial charge in [0.15, 0.2) is 11.5 Å². The fourth-order valence-electron chi connectivity index (χ4n) is 3.35. The number of nitrogens with zero attached hydrogens (tertiary/aromatic N) is 2. The van der Waals surface area contributed by atoms with Crippen molar-refractivity contribution < 1.29 is 19.4 Å². The molecule has 0 spiro atoms. The molecule has 2 aromatic rings. The topological polar surface area (TPSA) is 90.7 Å². The number of aromatic nitrogens is 2. The van der Waals surface area contributed by atoms with E-state index in [1.807, 2.05) is 0 Å². The third-order valence-electron chi connectivity index (χ3n) is 4.50. The van der Waals surface area contributed by atoms with E-state index in [1.54, 1.807) is 12.1 Å². The predicted octanol–water partition coefficient (Wildman–Crippen LogP) is 2.16. The minimum absolute atomic E-state index is 0.120. The highest BCUT2D eigenvalue weighted by Gasteiger charge is 2.25. The average Bonchev–Trinajstić information content (AvgIpc) is 3.10. The summed E-state index contributed by atoms with van der Waals surface area (Å²) in [7, 11) is 3.01. The molecule has 7 heteroatoms. The van der Waals surface area contributed by atoms with Crippen molar-refractivity contribution in [1.82, 2.24) is 9.55 Å². The highest BCUT2D eigenvalue weighted by atomic mass is 16.5. The number of carboxylic acid groups (broad SMARTS) is 1. The van der Waals surface area contributed by atoms with Crippen molar-refractivity contribution in [2.75, 3.05) is 14.2 Å². The van der Waals surface area contributed by atoms with Gasteiger partial charge in [-0.15, -0.1) is 0 Å². The van der Waals surface area contributed by atoms with Crippen LogP contribution in [0.3, 0.4) is 0 Å². The highest BCUT2D eigenvalue weighted by Crippen LogP contribution is 2.35. The number of rotatable bonds is 5. The van der Waals surface area contributed by atoms with Crippen LogP contribution in [0.2, 0.25) is 0 Å². The SMILES string of the molecule is COc1cc2nc(C3CCCC3)n(CC(=O)O)c(=O)c2cc1OC. The molecule has 1 N–H and O–H groups in total. The van der Waals surface area contributed by atoms with E-state index in [0.29, 0.717) is 28.2 Å². The fraction of sp³-hybridized carbons (Fsp3) is 0.471. The number of ether oxygens (including phenoxy) is 2. The standard InChI is InChI=1S/C17H20N2O5/c1-23-13-7-11-12(8-14(13)24-2)18-16(10-5-3-4-6-10)19(17(11)22)9-15(20)21/h7-8,10H,3-6,9H2,1-2H3,(H,20,21). The number of benzene rings is 1. The smallest absolute Gasteiger partial charge is 0.323 e. The molecule has 1 aromatic carbocycles. The van der Waals surface area contributed by atoms with Gasteiger partial charge in [0.25, 0.3) is 5.56 Å². The van der Waals surface area contributed by atoms with Gasteiger partial charge >= 0.3 is 5.97 Å². The summed E-state index contributed by atoms with van der Waals surface area (Å²) in [4.78, 5) is 28.7. The molecule has 3 rings (SSSR count). The maximum Gasteiger partial charge on any atom is 0.323 e. The minimum Gasteiger partial charge on any atom is -0.493 e. The Kier molecular flexibility index (Phi) is 4.42. The normalized spacial score (nSPS) is 14.9. The summed E-state index contributed by atoms with van der Waals surface area (Å²) in [5.41, 5.74) is 0.145. The Bertz CT molecular complexity index is 837. The van der Waals surface area contributed by atoms with Gasteiger partial charge in [0, 0.05) is 12.0 Å². The van der Waals surface area contributed by atoms with Crippen molar-refractivity contribution >= 4 is 16.9 Å². The van der Waals surface area contributed by atoms with Crippen LogP contribution in [0.5, 0.6) is 11.5 Å². The Labute approximate surface area is 138 Å². The molecule has 24 heavy (non-hydrogen) atoms. The number of carboxylic acids is 1. The molecule has 128 valence electrons. The lowest BCUT2D eigenvalue weighted by molar-refractivity contribution is -0.137. The van der Waals surface area contributed by atoms with E-state index in [-0.39, 0.29) is 18.0 Å². The predicted molar refractivity (Wildman–Crippen MR) is 88.0 cm³/mol. The quantitative estimate of drug-likeness (QED) is 0.902. The molecular weight excluding hydrogens is 312 g/mol. The second-order valence-corrected chi connectivity index (χ2v) is 5.96. The molecule has 0 bridgehead atoms. The molecule has 0 atom stereocenters. The summed E-state index contributed by atoms with van der Waals surface area (Å²) in [5.74, 6) is 0.525. The van der Waals surface area contributed by atoms with Gasteiger partial charge in [-0.3, -0.25) is 14.2 Å². The summed E-state index contributed by atoms with van der Waals surface area (Å²) in [6, 6.07) is 3.22. The van der Waals surface area contributed by atoms with E-state index in [2.05, 4.69) is 4.98 Å². The second-order valence-electron chi connectivity index (χ2n) is 5.96. The van der Waals surface area contributed by atoms with Gasteiger partial charge in [0.05, 0.1) is 25.1 Å². The molecule has 0 aliphatic heterocycles. The molecule has 1 aliphatic rings. The zero-order chi connectivity index (χ0) is 17.3. The third kappa shape index (κ3) is 2.81. The molecule has 1 fully saturated rings. The van der Waals surface area contributed by atoms with E-state index < -0.39 is 5.97 Å². The summed E-state index contributed by atoms with van der Waals surface area (Å²) >= 11 is 0. The van der Waals surface area contributed by atoms with Crippen LogP contribution < -0.4 is 15.0 Å². The zero-order valence-corrected chi connectivity index (χ0v) is 13.7. The van der Waals surface area contributed by atoms with Crippen LogP contribution in [0.4, 0.5) is 0 Å². The van der Waals surface area contributed by atoms with Crippen LogP contribution in [-0.2, 0) is 11.3 Å². The number of hydrogen-bond donors (Lipinski definition) is 1. The van der Waals surface area contributed by atoms with Gasteiger partial charge in [-0.05, 0) is 18.9 Å². The molecule has 0 radical (unpaired) electrons. The largest absolute Gasteiger partial charge is 0.493 e. The first-order chi connectivity index (χ1) is 11.5. The molecule has 7 nitrogen and oxygen atoms in total. The summed E-state index contributed by atoms with van der Waals surface area (Å²) in [6.45, 7) is -0.387. The summed E-state index contributed by atoms with van der Waals surface area (Å²) in [6.07, 6.45) is 3.98. The number of carbonyl (C=O) groups is 1. The van der Waals surface area contributed by atoms with Crippen LogP contribution in [0, 0.1) is 0 Å². The Morgan fingerprint density at radius 1 is 1.25 bits per heavy atom. The van der Waals surface area contributed by atoms with Gasteiger partial charge in [-0.2, -0.15) is 0 Å². The second kappa shape index (κ2) is 6.51. The fourth-order valence-corrected chi connectivity index (χ4v) is 3.35. The van der Waals surface area contributed by atoms with E-state index >= 15 is 0 Å². The minimum atomic E-state index is -1.06. The number of aliphatic carboxylic acids is 1. The molecular formula is C17H20N2O5. The molecule has 1 saturated carbocycles. The Morgan fingerprint density at radius 3 is 2.46 bits per heavy atom. The Morgan fingerprint density at radius 2 is 1.88 bits per heavy atom. The van der Waals surface area contributed by atoms with Crippen molar-refractivity contribution in [2.24, 2.45) is 0 Å². The Hall–Kier alpha value is -2.57. The molecule has 0 unspecified atom stereocenters. The lowest BCUT2D eigenvalue weighted by Gasteiger charge is -2.17. The van der Waals surface area contributed by atoms with Crippen molar-refractivity contribution in [3.63, 3.8) is 0 Å². The van der Waals surface area contributed by atoms with E-state index in [4.69, 9.17) is 9.47 Å². The van der Waals surface area contributed by atoms with E-state index in [9.17, 15) is 14.7 Å². The van der Waals surface area contributed by atoms with Crippen LogP contribution >= 0.6 is 0 Å². The number of methoxy groups -OCH3 is 2. The van der Waals surface area contributed by atoms with Crippen LogP contribution in [-0.4, -0.2) is 34.8 Å². The zero-order valence-electron chi connectivity index (χ0n) is 13.7. The van der Waals surface area contributed by atoms with Crippen molar-refractivity contribution in [2.45, 2.75) is 38.1 Å². The van der Waals surface area contributed by atoms with Gasteiger partial charge in [0.1, 0.15) is 12.4 Å². The van der Waals surface area contributed by atoms with Crippen molar-refractivity contribution in [3.05, 3.63) is 28.3 Å². The van der Waals surface area contributed by atoms with Gasteiger partial charge in [-0.1, -0.05) is 12.8 Å². The molecule has 0 saturated heterocycles. The monoisotopic (exact) mass is 332 g/mol. The first-order valence-electron chi connectivity index (χ1n) is 7.93. The summed E-state index contributed by atoms with van der Waals surface area (Å²) in [5, 5.41) is 9.51. The first kappa shape index (κ1) is 16.3. The van der Waals surface area contributed by atoms with Crippen LogP contribution in [0.15, 0.2) is 16.9 Å². The highest BCUT2D eigenvalue weighted by molar-refractivity contribution is 5.82. The van der Waals surface area contributed by atoms with Crippen LogP contribution in [0.25, 0.3) is 10.9 Å². The average molecular weight is 332 g/mol. The number of hydrogen-bond acceptors (Lipinski definition) is 5. The van der Waals surface area contributed by atoms with Crippen molar-refractivity contribution in [3.8, 4) is 11.5 Å². The first-order valence-corrected chi connectivity index (χ1v) is 7.93. The maximum absolute atomic E-state index is 12.9. The van der Waals surface area contributed by atoms with Crippen molar-refractivity contribution in [1.29, 1.82) is 0 Å². The van der Waals surface area contributed by atoms with Gasteiger partial charge in [-0.25, -0.2) is 4.98 Å². The van der Waals surface area contributed by atoms with Gasteiger partial charge < -0.3 is 14.6 Å². The molecule has 1 heterocycles. The summed E-state index contributed by atoms with van der Waals surface area (Å²) < 4.78 is 11.8. The lowest BCUT2D eigenvalue weighted by atomic mass is 10.1. The van der Waals surface area contributed by atoms with Gasteiger partial charge in [0.2, 0.25) is 0 Å². The van der Waals surface area contributed by atoms with E-state index in [0.717, 1.165) is 25.7 Å². The third-order valence-corrected chi connectivity index (χ3v) is 4.50. The maximum atomic E-state index is 12.9. The number of fused-ring (bicyclic) bond motifs is 1. The molecule has 1 aliphatic carbocycles.